The minimum atomic E-state index is -0.996. The van der Waals surface area contributed by atoms with Gasteiger partial charge in [0.05, 0.1) is 77.6 Å². The monoisotopic (exact) mass is 1630 g/mol. The number of rotatable bonds is 73. The van der Waals surface area contributed by atoms with E-state index in [1.807, 2.05) is 41.5 Å². The zero-order chi connectivity index (χ0) is 85.8. The van der Waals surface area contributed by atoms with E-state index in [9.17, 15) is 62.6 Å². The Kier molecular flexibility index (Phi) is 62.1. The second-order valence-corrected chi connectivity index (χ2v) is 31.7. The van der Waals surface area contributed by atoms with Gasteiger partial charge in [-0.2, -0.15) is 0 Å². The maximum atomic E-state index is 13.4. The Balaban J connectivity index is 5.23. The maximum absolute atomic E-state index is 13.4. The number of carbonyl (C=O) groups excluding carboxylic acids is 11. The van der Waals surface area contributed by atoms with Gasteiger partial charge in [-0.05, 0) is 127 Å². The first-order chi connectivity index (χ1) is 54.1. The van der Waals surface area contributed by atoms with Crippen LogP contribution in [0.25, 0.3) is 0 Å². The molecule has 0 fully saturated rings. The van der Waals surface area contributed by atoms with Gasteiger partial charge in [0.15, 0.2) is 0 Å². The molecular weight excluding hydrogens is 1470 g/mol. The summed E-state index contributed by atoms with van der Waals surface area (Å²) in [6.07, 6.45) is 5.96. The third-order valence-electron chi connectivity index (χ3n) is 18.3. The molecule has 4 unspecified atom stereocenters. The largest absolute Gasteiger partial charge is 0.481 e. The van der Waals surface area contributed by atoms with Gasteiger partial charge in [-0.1, -0.05) is 75.7 Å². The number of nitrogens with one attached hydrogen (secondary N) is 20. The second kappa shape index (κ2) is 66.1. The summed E-state index contributed by atoms with van der Waals surface area (Å²) in [6.45, 7) is 26.7. The number of primary amides is 1. The van der Waals surface area contributed by atoms with Crippen molar-refractivity contribution in [3.63, 3.8) is 0 Å². The summed E-state index contributed by atoms with van der Waals surface area (Å²) in [5.74, 6) is -3.33. The fourth-order valence-electron chi connectivity index (χ4n) is 12.7. The number of nitrogens with two attached hydrogens (primary N) is 4. The first kappa shape index (κ1) is 107. The molecule has 38 nitrogen and oxygen atoms in total. The highest BCUT2D eigenvalue weighted by Gasteiger charge is 2.26. The summed E-state index contributed by atoms with van der Waals surface area (Å²) in [4.78, 5) is 152. The second-order valence-electron chi connectivity index (χ2n) is 31.7. The molecule has 114 heavy (non-hydrogen) atoms. The van der Waals surface area contributed by atoms with E-state index in [1.165, 1.54) is 13.8 Å². The van der Waals surface area contributed by atoms with E-state index >= 15 is 0 Å². The molecular formula is C76H154N24O14. The van der Waals surface area contributed by atoms with Crippen LogP contribution < -0.4 is 129 Å². The lowest BCUT2D eigenvalue weighted by atomic mass is 9.99. The highest BCUT2D eigenvalue weighted by atomic mass is 16.4. The first-order valence-electron chi connectivity index (χ1n) is 41.3. The maximum Gasteiger partial charge on any atom is 0.303 e. The highest BCUT2D eigenvalue weighted by molar-refractivity contribution is 5.82. The topological polar surface area (TPSA) is 590 Å². The lowest BCUT2D eigenvalue weighted by Crippen LogP contribution is -2.53. The molecule has 0 aromatic heterocycles. The quantitative estimate of drug-likeness (QED) is 0.0269. The lowest BCUT2D eigenvalue weighted by molar-refractivity contribution is -0.137. The number of carboxylic acids is 1. The molecule has 662 valence electrons. The summed E-state index contributed by atoms with van der Waals surface area (Å²) in [6, 6.07) is -3.66. The van der Waals surface area contributed by atoms with Crippen LogP contribution in [0.1, 0.15) is 167 Å². The van der Waals surface area contributed by atoms with Gasteiger partial charge in [0.1, 0.15) is 0 Å². The van der Waals surface area contributed by atoms with Gasteiger partial charge in [0.25, 0.3) is 0 Å². The molecule has 0 aromatic carbocycles. The van der Waals surface area contributed by atoms with Crippen molar-refractivity contribution in [1.29, 1.82) is 0 Å². The minimum absolute atomic E-state index is 0.0139. The van der Waals surface area contributed by atoms with Crippen LogP contribution in [-0.2, 0) is 57.5 Å². The Labute approximate surface area is 678 Å². The number of aliphatic carboxylic acids is 1. The SMILES string of the molecule is CCC(C)C(CNCC(=O)N[C@H](CNCC(=O)N[C@H](CNCC(N)=O)CC(C)C)CC(C)C)NC(=O)CNC[C@H](CCCN)NC(=O)CNC[C@H](CC(C)C)NC(=O)CNCC(NC(=O)CNC[C@H](CC(C)C)NC(=O)CNC[C@H](CCCN)NC(=O)CNC[C@H](CCCN)NC(=O)CNC[C@H](CCC(=O)O)NC(C)=O)C(C)O. The Hall–Kier alpha value is -6.92. The normalized spacial score (nSPS) is 14.7. The van der Waals surface area contributed by atoms with Crippen LogP contribution in [0.15, 0.2) is 0 Å². The molecule has 0 saturated heterocycles. The van der Waals surface area contributed by atoms with Crippen LogP contribution in [0, 0.1) is 29.6 Å². The van der Waals surface area contributed by atoms with Crippen LogP contribution in [0.4, 0.5) is 0 Å². The smallest absolute Gasteiger partial charge is 0.303 e. The Morgan fingerprint density at radius 2 is 0.535 bits per heavy atom. The van der Waals surface area contributed by atoms with Crippen molar-refractivity contribution >= 4 is 70.9 Å². The van der Waals surface area contributed by atoms with Crippen LogP contribution in [0.5, 0.6) is 0 Å². The predicted molar refractivity (Wildman–Crippen MR) is 444 cm³/mol. The molecule has 0 rings (SSSR count). The average Bonchev–Trinajstić information content (AvgIpc) is 0.919. The van der Waals surface area contributed by atoms with Crippen molar-refractivity contribution < 1.29 is 67.7 Å². The Bertz CT molecular complexity index is 2710. The number of carboxylic acid groups (broad SMARTS) is 1. The number of aliphatic hydroxyl groups excluding tert-OH is 1. The van der Waals surface area contributed by atoms with E-state index in [2.05, 4.69) is 134 Å². The predicted octanol–water partition coefficient (Wildman–Crippen LogP) is -6.07. The van der Waals surface area contributed by atoms with Crippen LogP contribution in [0.2, 0.25) is 0 Å². The Morgan fingerprint density at radius 1 is 0.307 bits per heavy atom. The molecule has 30 N–H and O–H groups in total. The molecule has 0 radical (unpaired) electrons. The third-order valence-corrected chi connectivity index (χ3v) is 18.3. The fraction of sp³-hybridized carbons (Fsp3) is 0.842. The summed E-state index contributed by atoms with van der Waals surface area (Å²) in [7, 11) is 0. The van der Waals surface area contributed by atoms with Crippen LogP contribution in [0.3, 0.4) is 0 Å². The molecule has 0 aliphatic heterocycles. The molecule has 0 aliphatic carbocycles. The molecule has 0 heterocycles. The average molecular weight is 1630 g/mol. The van der Waals surface area contributed by atoms with E-state index in [-0.39, 0.29) is 243 Å². The zero-order valence-corrected chi connectivity index (χ0v) is 70.8. The van der Waals surface area contributed by atoms with Crippen LogP contribution in [-0.4, -0.2) is 298 Å². The summed E-state index contributed by atoms with van der Waals surface area (Å²) in [5.41, 5.74) is 22.7. The molecule has 38 heteroatoms. The van der Waals surface area contributed by atoms with Crippen molar-refractivity contribution in [2.24, 2.45) is 52.5 Å². The molecule has 0 bridgehead atoms. The van der Waals surface area contributed by atoms with E-state index < -0.39 is 36.0 Å². The minimum Gasteiger partial charge on any atom is -0.481 e. The fourth-order valence-corrected chi connectivity index (χ4v) is 12.7. The number of aliphatic hydroxyl groups is 1. The van der Waals surface area contributed by atoms with E-state index in [4.69, 9.17) is 28.0 Å². The molecule has 0 saturated carbocycles. The number of carbonyl (C=O) groups is 12. The molecule has 0 aromatic rings. The zero-order valence-electron chi connectivity index (χ0n) is 70.8. The van der Waals surface area contributed by atoms with Gasteiger partial charge in [-0.15, -0.1) is 0 Å². The highest BCUT2D eigenvalue weighted by Crippen LogP contribution is 2.10. The molecule has 12 atom stereocenters. The lowest BCUT2D eigenvalue weighted by Gasteiger charge is -2.26. The molecule has 0 aliphatic rings. The summed E-state index contributed by atoms with van der Waals surface area (Å²) < 4.78 is 0. The Morgan fingerprint density at radius 3 is 0.772 bits per heavy atom. The van der Waals surface area contributed by atoms with Gasteiger partial charge >= 0.3 is 5.97 Å². The first-order valence-corrected chi connectivity index (χ1v) is 41.3. The van der Waals surface area contributed by atoms with Crippen molar-refractivity contribution in [2.75, 3.05) is 151 Å². The summed E-state index contributed by atoms with van der Waals surface area (Å²) in [5, 5.41) is 80.5. The number of hydrogen-bond acceptors (Lipinski definition) is 26. The summed E-state index contributed by atoms with van der Waals surface area (Å²) >= 11 is 0. The molecule has 0 spiro atoms. The third kappa shape index (κ3) is 61.5. The number of hydrogen-bond donors (Lipinski definition) is 26. The van der Waals surface area contributed by atoms with Gasteiger partial charge < -0.3 is 139 Å². The number of amides is 11. The van der Waals surface area contributed by atoms with Gasteiger partial charge in [-0.25, -0.2) is 0 Å². The van der Waals surface area contributed by atoms with E-state index in [0.29, 0.717) is 116 Å². The van der Waals surface area contributed by atoms with E-state index in [1.54, 1.807) is 0 Å². The van der Waals surface area contributed by atoms with Crippen molar-refractivity contribution in [2.45, 2.75) is 233 Å². The molecule has 11 amide bonds. The van der Waals surface area contributed by atoms with E-state index in [0.717, 1.165) is 6.42 Å². The van der Waals surface area contributed by atoms with Gasteiger partial charge in [-0.3, -0.25) is 57.5 Å². The van der Waals surface area contributed by atoms with Crippen LogP contribution >= 0.6 is 0 Å². The van der Waals surface area contributed by atoms with Crippen molar-refractivity contribution in [3.8, 4) is 0 Å². The van der Waals surface area contributed by atoms with Crippen molar-refractivity contribution in [3.05, 3.63) is 0 Å². The standard InChI is InChI=1S/C76H154N24O14/c1-13-53(10)64(37-89-45-72(109)97-62(27-51(6)7)35-87-44-71(108)95-60(25-49(2)3)33-81-39-66(80)103)99-74(111)47-84-31-58(19-16-24-79)94-69(106)42-86-34-61(26-50(4)5)98-73(110)46-90-38-65(54(11)101)100-75(112)48-88-36-63(28-52(8)9)96-70(107)43-83-30-57(18-15-23-78)92-67(104)40-82-29-56(17-14-22-77)93-68(105)41-85-32-59(91-55(12)102)20-21-76(113)114/h49-54,56-65,81-90,101H,13-48,77-79H2,1-12H3,(H2,80,103)(H,91,102)(H,92,104)(H,93,105)(H,94,106)(H,95,108)(H,96,107)(H,97,109)(H,98,110)(H,99,111)(H,100,112)(H,113,114)/t53?,54?,56-,57-,58-,59-,60-,61-,62-,63-,64?,65?/m0/s1. The van der Waals surface area contributed by atoms with Gasteiger partial charge in [0.2, 0.25) is 65.0 Å². The van der Waals surface area contributed by atoms with Crippen molar-refractivity contribution in [1.82, 2.24) is 106 Å². The van der Waals surface area contributed by atoms with Gasteiger partial charge in [0, 0.05) is 133 Å².